The Bertz CT molecular complexity index is 777. The number of thioether (sulfide) groups is 1. The predicted molar refractivity (Wildman–Crippen MR) is 96.9 cm³/mol. The molecule has 0 aliphatic rings. The molecular weight excluding hydrogens is 342 g/mol. The molecule has 25 heavy (non-hydrogen) atoms. The van der Waals surface area contributed by atoms with Crippen molar-refractivity contribution in [3.05, 3.63) is 29.3 Å². The van der Waals surface area contributed by atoms with Crippen molar-refractivity contribution in [3.63, 3.8) is 0 Å². The topological polar surface area (TPSA) is 149 Å². The van der Waals surface area contributed by atoms with Gasteiger partial charge in [0.05, 0.1) is 12.3 Å². The van der Waals surface area contributed by atoms with Gasteiger partial charge in [0.15, 0.2) is 5.16 Å². The van der Waals surface area contributed by atoms with Gasteiger partial charge in [0.25, 0.3) is 0 Å². The zero-order valence-corrected chi connectivity index (χ0v) is 14.7. The molecular formula is C15H19N7O2S. The molecule has 0 spiro atoms. The van der Waals surface area contributed by atoms with Crippen molar-refractivity contribution in [1.29, 1.82) is 0 Å². The normalized spacial score (nSPS) is 10.3. The van der Waals surface area contributed by atoms with Gasteiger partial charge in [-0.15, -0.1) is 0 Å². The Morgan fingerprint density at radius 2 is 1.76 bits per heavy atom. The van der Waals surface area contributed by atoms with Gasteiger partial charge in [-0.1, -0.05) is 23.9 Å². The number of hydrogen-bond acceptors (Lipinski definition) is 8. The Morgan fingerprint density at radius 3 is 2.44 bits per heavy atom. The minimum Gasteiger partial charge on any atom is -0.368 e. The number of carbonyl (C=O) groups is 2. The third-order valence-electron chi connectivity index (χ3n) is 3.31. The Labute approximate surface area is 149 Å². The Kier molecular flexibility index (Phi) is 6.12. The largest absolute Gasteiger partial charge is 0.368 e. The molecule has 1 aromatic carbocycles. The van der Waals surface area contributed by atoms with E-state index in [-0.39, 0.29) is 41.2 Å². The minimum atomic E-state index is -0.335. The molecule has 6 N–H and O–H groups in total. The van der Waals surface area contributed by atoms with Crippen LogP contribution in [0.5, 0.6) is 0 Å². The quantitative estimate of drug-likeness (QED) is 0.543. The number of amides is 2. The fourth-order valence-electron chi connectivity index (χ4n) is 1.89. The van der Waals surface area contributed by atoms with Gasteiger partial charge in [0, 0.05) is 5.69 Å². The molecule has 0 saturated carbocycles. The average molecular weight is 361 g/mol. The number of carbonyl (C=O) groups excluding carboxylic acids is 2. The number of hydrogen-bond donors (Lipinski definition) is 4. The third-order valence-corrected chi connectivity index (χ3v) is 4.15. The van der Waals surface area contributed by atoms with Crippen molar-refractivity contribution < 1.29 is 9.59 Å². The zero-order valence-electron chi connectivity index (χ0n) is 13.9. The maximum atomic E-state index is 11.9. The summed E-state index contributed by atoms with van der Waals surface area (Å²) in [4.78, 5) is 35.1. The SMILES string of the molecule is Cc1cccc(NC(=O)CNC(=O)CSc2nc(N)nc(N)n2)c1C. The van der Waals surface area contributed by atoms with Crippen LogP contribution in [0.2, 0.25) is 0 Å². The first kappa shape index (κ1) is 18.5. The third kappa shape index (κ3) is 5.60. The zero-order chi connectivity index (χ0) is 18.4. The van der Waals surface area contributed by atoms with Gasteiger partial charge in [-0.25, -0.2) is 0 Å². The van der Waals surface area contributed by atoms with Gasteiger partial charge in [0.2, 0.25) is 23.7 Å². The number of rotatable bonds is 6. The molecule has 2 rings (SSSR count). The van der Waals surface area contributed by atoms with Crippen LogP contribution in [0, 0.1) is 13.8 Å². The average Bonchev–Trinajstić information content (AvgIpc) is 2.54. The number of nitrogens with zero attached hydrogens (tertiary/aromatic N) is 3. The Balaban J connectivity index is 1.79. The van der Waals surface area contributed by atoms with Crippen molar-refractivity contribution in [2.75, 3.05) is 29.1 Å². The van der Waals surface area contributed by atoms with Gasteiger partial charge in [0.1, 0.15) is 0 Å². The molecule has 0 saturated heterocycles. The smallest absolute Gasteiger partial charge is 0.243 e. The minimum absolute atomic E-state index is 0.0108. The fourth-order valence-corrected chi connectivity index (χ4v) is 2.57. The lowest BCUT2D eigenvalue weighted by atomic mass is 10.1. The van der Waals surface area contributed by atoms with E-state index in [1.807, 2.05) is 32.0 Å². The standard InChI is InChI=1S/C15H19N7O2S/c1-8-4-3-5-10(9(8)2)19-11(23)6-18-12(24)7-25-15-21-13(16)20-14(17)22-15/h3-5H,6-7H2,1-2H3,(H,18,24)(H,19,23)(H4,16,17,20,21,22). The van der Waals surface area contributed by atoms with Crippen LogP contribution in [0.4, 0.5) is 17.6 Å². The number of nitrogens with one attached hydrogen (secondary N) is 2. The summed E-state index contributed by atoms with van der Waals surface area (Å²) in [6.07, 6.45) is 0. The summed E-state index contributed by atoms with van der Waals surface area (Å²) in [5.41, 5.74) is 13.7. The van der Waals surface area contributed by atoms with E-state index in [1.54, 1.807) is 0 Å². The molecule has 132 valence electrons. The molecule has 2 aromatic rings. The molecule has 1 aromatic heterocycles. The fraction of sp³-hybridized carbons (Fsp3) is 0.267. The van der Waals surface area contributed by atoms with Crippen molar-refractivity contribution in [1.82, 2.24) is 20.3 Å². The molecule has 0 aliphatic carbocycles. The van der Waals surface area contributed by atoms with E-state index < -0.39 is 0 Å². The molecule has 0 aliphatic heterocycles. The number of aryl methyl sites for hydroxylation is 1. The molecule has 0 fully saturated rings. The van der Waals surface area contributed by atoms with Crippen LogP contribution in [-0.4, -0.2) is 39.1 Å². The molecule has 1 heterocycles. The predicted octanol–water partition coefficient (Wildman–Crippen LogP) is 0.500. The van der Waals surface area contributed by atoms with Crippen LogP contribution in [0.15, 0.2) is 23.4 Å². The van der Waals surface area contributed by atoms with Gasteiger partial charge < -0.3 is 22.1 Å². The van der Waals surface area contributed by atoms with Crippen LogP contribution in [-0.2, 0) is 9.59 Å². The van der Waals surface area contributed by atoms with Gasteiger partial charge >= 0.3 is 0 Å². The monoisotopic (exact) mass is 361 g/mol. The second-order valence-electron chi connectivity index (χ2n) is 5.20. The Morgan fingerprint density at radius 1 is 1.08 bits per heavy atom. The molecule has 0 radical (unpaired) electrons. The molecule has 0 atom stereocenters. The number of nitrogen functional groups attached to an aromatic ring is 2. The van der Waals surface area contributed by atoms with Gasteiger partial charge in [-0.2, -0.15) is 15.0 Å². The first-order valence-corrected chi connectivity index (χ1v) is 8.36. The first-order valence-electron chi connectivity index (χ1n) is 7.37. The first-order chi connectivity index (χ1) is 11.8. The summed E-state index contributed by atoms with van der Waals surface area (Å²) in [6.45, 7) is 3.76. The van der Waals surface area contributed by atoms with Gasteiger partial charge in [-0.3, -0.25) is 9.59 Å². The summed E-state index contributed by atoms with van der Waals surface area (Å²) >= 11 is 1.05. The Hall–Kier alpha value is -2.88. The summed E-state index contributed by atoms with van der Waals surface area (Å²) < 4.78 is 0. The van der Waals surface area contributed by atoms with E-state index >= 15 is 0 Å². The number of aromatic nitrogens is 3. The highest BCUT2D eigenvalue weighted by Gasteiger charge is 2.10. The van der Waals surface area contributed by atoms with E-state index in [2.05, 4.69) is 25.6 Å². The van der Waals surface area contributed by atoms with Crippen molar-refractivity contribution in [2.45, 2.75) is 19.0 Å². The highest BCUT2D eigenvalue weighted by Crippen LogP contribution is 2.17. The lowest BCUT2D eigenvalue weighted by Crippen LogP contribution is -2.34. The highest BCUT2D eigenvalue weighted by atomic mass is 32.2. The van der Waals surface area contributed by atoms with Crippen molar-refractivity contribution in [3.8, 4) is 0 Å². The second-order valence-corrected chi connectivity index (χ2v) is 6.14. The van der Waals surface area contributed by atoms with E-state index in [0.717, 1.165) is 28.6 Å². The summed E-state index contributed by atoms with van der Waals surface area (Å²) in [6, 6.07) is 5.64. The molecule has 10 heteroatoms. The summed E-state index contributed by atoms with van der Waals surface area (Å²) in [5.74, 6) is -0.634. The highest BCUT2D eigenvalue weighted by molar-refractivity contribution is 7.99. The molecule has 9 nitrogen and oxygen atoms in total. The van der Waals surface area contributed by atoms with Crippen molar-refractivity contribution >= 4 is 41.2 Å². The molecule has 0 bridgehead atoms. The van der Waals surface area contributed by atoms with Gasteiger partial charge in [-0.05, 0) is 31.0 Å². The van der Waals surface area contributed by atoms with E-state index in [1.165, 1.54) is 0 Å². The molecule has 2 amide bonds. The summed E-state index contributed by atoms with van der Waals surface area (Å²) in [5, 5.41) is 5.55. The van der Waals surface area contributed by atoms with Crippen LogP contribution in [0.3, 0.4) is 0 Å². The van der Waals surface area contributed by atoms with E-state index in [0.29, 0.717) is 0 Å². The lowest BCUT2D eigenvalue weighted by molar-refractivity contribution is -0.122. The summed E-state index contributed by atoms with van der Waals surface area (Å²) in [7, 11) is 0. The lowest BCUT2D eigenvalue weighted by Gasteiger charge is -2.10. The maximum absolute atomic E-state index is 11.9. The maximum Gasteiger partial charge on any atom is 0.243 e. The van der Waals surface area contributed by atoms with Crippen LogP contribution < -0.4 is 22.1 Å². The van der Waals surface area contributed by atoms with Crippen LogP contribution in [0.1, 0.15) is 11.1 Å². The number of nitrogens with two attached hydrogens (primary N) is 2. The molecule has 0 unspecified atom stereocenters. The second kappa shape index (κ2) is 8.29. The van der Waals surface area contributed by atoms with Crippen molar-refractivity contribution in [2.24, 2.45) is 0 Å². The number of benzene rings is 1. The van der Waals surface area contributed by atoms with E-state index in [4.69, 9.17) is 11.5 Å². The van der Waals surface area contributed by atoms with Crippen LogP contribution >= 0.6 is 11.8 Å². The van der Waals surface area contributed by atoms with E-state index in [9.17, 15) is 9.59 Å². The van der Waals surface area contributed by atoms with Crippen LogP contribution in [0.25, 0.3) is 0 Å². The number of anilines is 3.